The predicted octanol–water partition coefficient (Wildman–Crippen LogP) is 13.7. The van der Waals surface area contributed by atoms with E-state index < -0.39 is 5.82 Å². The van der Waals surface area contributed by atoms with Gasteiger partial charge in [-0.3, -0.25) is 4.79 Å². The molecule has 13 aromatic rings. The summed E-state index contributed by atoms with van der Waals surface area (Å²) in [6.45, 7) is -0.181. The molecule has 0 unspecified atom stereocenters. The van der Waals surface area contributed by atoms with Crippen molar-refractivity contribution in [3.63, 3.8) is 0 Å². The molecule has 1 aliphatic rings. The van der Waals surface area contributed by atoms with Crippen LogP contribution in [0.15, 0.2) is 273 Å². The monoisotopic (exact) mass is 1620 g/mol. The molecule has 0 bridgehead atoms. The van der Waals surface area contributed by atoms with Gasteiger partial charge < -0.3 is 16.1 Å². The number of carbonyl (C=O) groups excluding carboxylic acids is 1. The second-order valence-electron chi connectivity index (χ2n) is 19.0. The van der Waals surface area contributed by atoms with E-state index in [0.717, 1.165) is 96.6 Å². The molecule has 0 N–H and O–H groups in total. The molecule has 0 fully saturated rings. The summed E-state index contributed by atoms with van der Waals surface area (Å²) in [5.74, 6) is 0.806. The zero-order chi connectivity index (χ0) is 57.2. The van der Waals surface area contributed by atoms with Crippen LogP contribution in [-0.2, 0) is 16.1 Å². The molecular weight excluding hydrogens is 1580 g/mol. The molecule has 15 heteroatoms. The molecule has 8 nitrogen and oxygen atoms in total. The summed E-state index contributed by atoms with van der Waals surface area (Å²) < 4.78 is 21.9. The van der Waals surface area contributed by atoms with Crippen molar-refractivity contribution >= 4 is 92.0 Å². The van der Waals surface area contributed by atoms with E-state index in [4.69, 9.17) is 20.0 Å². The molecule has 0 amide bonds. The van der Waals surface area contributed by atoms with Gasteiger partial charge in [0.1, 0.15) is 11.4 Å². The fraction of sp³-hybridized carbons (Fsp3) is 0.0282. The molecule has 0 aliphatic heterocycles. The van der Waals surface area contributed by atoms with Gasteiger partial charge in [0, 0.05) is 62.0 Å². The van der Waals surface area contributed by atoms with Crippen LogP contribution in [0.1, 0.15) is 20.0 Å². The normalized spacial score (nSPS) is 10.6. The Morgan fingerprint density at radius 2 is 0.698 bits per heavy atom. The third-order valence-corrected chi connectivity index (χ3v) is 15.7. The minimum absolute atomic E-state index is 0. The molecule has 1 aliphatic carbocycles. The molecule has 3 heterocycles. The Labute approximate surface area is 652 Å². The molecular formula is C71H50Br4Cs2FN5O3. The molecule has 0 saturated carbocycles. The van der Waals surface area contributed by atoms with Crippen molar-refractivity contribution < 1.29 is 159 Å². The van der Waals surface area contributed by atoms with Gasteiger partial charge in [-0.1, -0.05) is 265 Å². The first-order valence-corrected chi connectivity index (χ1v) is 29.3. The summed E-state index contributed by atoms with van der Waals surface area (Å²) >= 11 is 14.4. The first-order valence-electron chi connectivity index (χ1n) is 26.2. The van der Waals surface area contributed by atoms with Crippen LogP contribution in [0.4, 0.5) is 4.39 Å². The van der Waals surface area contributed by atoms with E-state index in [1.165, 1.54) is 22.3 Å². The molecule has 10 aromatic carbocycles. The van der Waals surface area contributed by atoms with E-state index in [-0.39, 0.29) is 153 Å². The van der Waals surface area contributed by atoms with E-state index in [9.17, 15) is 0 Å². The van der Waals surface area contributed by atoms with Crippen molar-refractivity contribution in [2.45, 2.75) is 13.8 Å². The summed E-state index contributed by atoms with van der Waals surface area (Å²) in [4.78, 5) is 30.8. The molecule has 0 radical (unpaired) electrons. The van der Waals surface area contributed by atoms with E-state index in [1.54, 1.807) is 0 Å². The second kappa shape index (κ2) is 32.3. The Morgan fingerprint density at radius 1 is 0.419 bits per heavy atom. The number of rotatable bonds is 8. The number of carbonyl (C=O) groups is 1. The summed E-state index contributed by atoms with van der Waals surface area (Å²) in [6, 6.07) is 85.3. The standard InChI is InChI=1S/C34H21Br2N3.C22H15FN2.C13H8Br2.CH2O3.CH4.2Cs.H/c35-25-16-18-29-27(20-25)28-21-26(36)17-19-30(28)39(29)33-31(22-10-4-1-5-11-22)37-34(24-14-8-3-9-15-24)38-32(33)23-12-6-2-7-13-23;23-19-20(16-10-4-1-5-11-16)24-22(18-14-8-3-9-15-18)25-21(19)17-12-6-2-7-13-17;14-10-3-1-8-5-9-2-4-11(15)7-13(9)12(8)6-10;2-1-4-3;;;;/h1-21H;1-15H;1-4,6-7H,5H2;1,3H;1H4;;;/q;;;;;2*+1;-1/p-1. The molecule has 414 valence electrons. The van der Waals surface area contributed by atoms with Gasteiger partial charge >= 0.3 is 138 Å². The summed E-state index contributed by atoms with van der Waals surface area (Å²) in [5, 5.41) is 10.7. The van der Waals surface area contributed by atoms with Crippen LogP contribution in [0.5, 0.6) is 0 Å². The Bertz CT molecular complexity index is 4200. The maximum absolute atomic E-state index is 15.2. The molecule has 14 rings (SSSR count). The van der Waals surface area contributed by atoms with Crippen LogP contribution in [0.2, 0.25) is 0 Å². The van der Waals surface area contributed by atoms with Gasteiger partial charge in [0.2, 0.25) is 0 Å². The van der Waals surface area contributed by atoms with Crippen LogP contribution in [0, 0.1) is 5.82 Å². The number of halogens is 5. The first-order chi connectivity index (χ1) is 40.6. The summed E-state index contributed by atoms with van der Waals surface area (Å²) in [7, 11) is 0. The summed E-state index contributed by atoms with van der Waals surface area (Å²) in [5.41, 5.74) is 16.5. The third kappa shape index (κ3) is 15.7. The maximum atomic E-state index is 15.2. The number of benzene rings is 10. The zero-order valence-electron chi connectivity index (χ0n) is 46.9. The van der Waals surface area contributed by atoms with Crippen LogP contribution in [0.25, 0.3) is 106 Å². The number of hydrogen-bond acceptors (Lipinski definition) is 7. The fourth-order valence-corrected chi connectivity index (χ4v) is 11.5. The smallest absolute Gasteiger partial charge is 1.00 e. The van der Waals surface area contributed by atoms with Gasteiger partial charge in [0.25, 0.3) is 6.47 Å². The summed E-state index contributed by atoms with van der Waals surface area (Å²) in [6.07, 6.45) is 1.06. The Kier molecular flexibility index (Phi) is 25.4. The van der Waals surface area contributed by atoms with Crippen molar-refractivity contribution in [3.05, 3.63) is 290 Å². The third-order valence-electron chi connectivity index (χ3n) is 13.8. The molecule has 0 atom stereocenters. The molecule has 3 aromatic heterocycles. The van der Waals surface area contributed by atoms with Crippen molar-refractivity contribution in [2.24, 2.45) is 0 Å². The van der Waals surface area contributed by atoms with E-state index in [1.807, 2.05) is 121 Å². The van der Waals surface area contributed by atoms with Gasteiger partial charge in [-0.15, -0.1) is 0 Å². The number of nitrogens with zero attached hydrogens (tertiary/aromatic N) is 5. The fourth-order valence-electron chi connectivity index (χ4n) is 10.0. The van der Waals surface area contributed by atoms with Gasteiger partial charge in [-0.2, -0.15) is 0 Å². The predicted molar refractivity (Wildman–Crippen MR) is 351 cm³/mol. The topological polar surface area (TPSA) is 106 Å². The van der Waals surface area contributed by atoms with Crippen molar-refractivity contribution in [1.82, 2.24) is 24.5 Å². The minimum atomic E-state index is -0.405. The van der Waals surface area contributed by atoms with E-state index >= 15 is 4.39 Å². The van der Waals surface area contributed by atoms with Gasteiger partial charge in [-0.05, 0) is 89.3 Å². The van der Waals surface area contributed by atoms with E-state index in [2.05, 4.69) is 217 Å². The van der Waals surface area contributed by atoms with Crippen LogP contribution in [-0.4, -0.2) is 31.0 Å². The van der Waals surface area contributed by atoms with Crippen molar-refractivity contribution in [2.75, 3.05) is 0 Å². The van der Waals surface area contributed by atoms with Crippen LogP contribution in [0.3, 0.4) is 0 Å². The second-order valence-corrected chi connectivity index (χ2v) is 22.6. The largest absolute Gasteiger partial charge is 1.00 e. The SMILES string of the molecule is Brc1ccc2c(c1)-c1cc(Br)ccc1C2.Brc1ccc2c(c1)c1cc(Br)ccc1n2-c1c(-c2ccccc2)nc(-c2ccccc2)nc1-c1ccccc1.C.Fc1c(-c2ccccc2)nc(-c2ccccc2)nc1-c1ccccc1.O=CO[O-].[Cs+].[Cs+].[H-]. The van der Waals surface area contributed by atoms with E-state index in [0.29, 0.717) is 23.0 Å². The minimum Gasteiger partial charge on any atom is -1.00 e. The average Bonchev–Trinajstić information content (AvgIpc) is 1.92. The van der Waals surface area contributed by atoms with Crippen molar-refractivity contribution in [3.8, 4) is 84.6 Å². The zero-order valence-corrected chi connectivity index (χ0v) is 64.8. The van der Waals surface area contributed by atoms with Gasteiger partial charge in [0.05, 0.1) is 28.1 Å². The van der Waals surface area contributed by atoms with Crippen molar-refractivity contribution in [1.29, 1.82) is 0 Å². The Morgan fingerprint density at radius 3 is 1.02 bits per heavy atom. The molecule has 0 saturated heterocycles. The molecule has 86 heavy (non-hydrogen) atoms. The number of aromatic nitrogens is 5. The Hall–Kier alpha value is -4.46. The Balaban J connectivity index is 0.000000193. The number of hydrogen-bond donors (Lipinski definition) is 0. The first kappa shape index (κ1) is 67.5. The van der Waals surface area contributed by atoms with Gasteiger partial charge in [0.15, 0.2) is 17.5 Å². The average molecular weight is 1630 g/mol. The van der Waals surface area contributed by atoms with Crippen LogP contribution < -0.4 is 143 Å². The quantitative estimate of drug-likeness (QED) is 0.0847. The molecule has 0 spiro atoms. The maximum Gasteiger partial charge on any atom is 1.00 e. The van der Waals surface area contributed by atoms with Gasteiger partial charge in [-0.25, -0.2) is 24.3 Å². The number of fused-ring (bicyclic) bond motifs is 6. The van der Waals surface area contributed by atoms with Crippen LogP contribution >= 0.6 is 63.7 Å².